The van der Waals surface area contributed by atoms with E-state index in [9.17, 15) is 0 Å². The zero-order valence-corrected chi connectivity index (χ0v) is 17.8. The summed E-state index contributed by atoms with van der Waals surface area (Å²) in [6.07, 6.45) is 0.744. The minimum Gasteiger partial charge on any atom is -0.493 e. The van der Waals surface area contributed by atoms with Gasteiger partial charge in [0.2, 0.25) is 4.77 Å². The fraction of sp³-hybridized carbons (Fsp3) is 0.263. The van der Waals surface area contributed by atoms with Crippen LogP contribution in [0.25, 0.3) is 0 Å². The normalized spacial score (nSPS) is 10.7. The maximum atomic E-state index is 6.46. The van der Waals surface area contributed by atoms with Crippen LogP contribution in [-0.4, -0.2) is 22.0 Å². The Balaban J connectivity index is 1.75. The summed E-state index contributed by atoms with van der Waals surface area (Å²) in [6, 6.07) is 11.1. The molecule has 0 saturated heterocycles. The predicted octanol–water partition coefficient (Wildman–Crippen LogP) is 5.14. The van der Waals surface area contributed by atoms with E-state index in [1.54, 1.807) is 17.9 Å². The lowest BCUT2D eigenvalue weighted by atomic mass is 10.2. The van der Waals surface area contributed by atoms with Crippen LogP contribution in [0.1, 0.15) is 23.9 Å². The van der Waals surface area contributed by atoms with Crippen LogP contribution in [0, 0.1) is 4.77 Å². The van der Waals surface area contributed by atoms with E-state index in [-0.39, 0.29) is 0 Å². The number of nitrogens with zero attached hydrogens (tertiary/aromatic N) is 2. The summed E-state index contributed by atoms with van der Waals surface area (Å²) in [5, 5.41) is 8.17. The number of hydrogen-bond donors (Lipinski definition) is 2. The predicted molar refractivity (Wildman–Crippen MR) is 114 cm³/mol. The van der Waals surface area contributed by atoms with Gasteiger partial charge in [-0.05, 0) is 41.5 Å². The van der Waals surface area contributed by atoms with E-state index in [0.717, 1.165) is 23.4 Å². The van der Waals surface area contributed by atoms with E-state index in [4.69, 9.17) is 44.9 Å². The molecule has 0 radical (unpaired) electrons. The molecule has 148 valence electrons. The average molecular weight is 439 g/mol. The number of hydrogen-bond acceptors (Lipinski definition) is 5. The van der Waals surface area contributed by atoms with E-state index < -0.39 is 0 Å². The fourth-order valence-electron chi connectivity index (χ4n) is 2.67. The standard InChI is InChI=1S/C19H20Cl2N4O2S/c1-3-18-23-24-19(28)25(18)22-10-13-8-16(26-2)17(9-15(13)21)27-11-12-5-4-6-14(20)7-12/h4-9,22H,3,10-11H2,1-2H3,(H,24,28). The van der Waals surface area contributed by atoms with Gasteiger partial charge in [0.05, 0.1) is 13.7 Å². The van der Waals surface area contributed by atoms with Gasteiger partial charge in [-0.25, -0.2) is 4.68 Å². The highest BCUT2D eigenvalue weighted by atomic mass is 35.5. The van der Waals surface area contributed by atoms with Gasteiger partial charge in [0.15, 0.2) is 17.3 Å². The molecule has 3 aromatic rings. The van der Waals surface area contributed by atoms with Crippen molar-refractivity contribution in [1.82, 2.24) is 14.9 Å². The minimum absolute atomic E-state index is 0.356. The van der Waals surface area contributed by atoms with Gasteiger partial charge in [-0.1, -0.05) is 42.3 Å². The summed E-state index contributed by atoms with van der Waals surface area (Å²) in [5.41, 5.74) is 5.03. The second kappa shape index (κ2) is 9.32. The quantitative estimate of drug-likeness (QED) is 0.476. The highest BCUT2D eigenvalue weighted by molar-refractivity contribution is 7.71. The van der Waals surface area contributed by atoms with Crippen LogP contribution in [0.4, 0.5) is 0 Å². The van der Waals surface area contributed by atoms with Crippen molar-refractivity contribution in [3.05, 3.63) is 68.2 Å². The number of benzene rings is 2. The Morgan fingerprint density at radius 2 is 2.04 bits per heavy atom. The van der Waals surface area contributed by atoms with Crippen molar-refractivity contribution >= 4 is 35.4 Å². The zero-order chi connectivity index (χ0) is 20.1. The Labute approximate surface area is 178 Å². The van der Waals surface area contributed by atoms with Crippen LogP contribution in [0.3, 0.4) is 0 Å². The molecule has 2 N–H and O–H groups in total. The molecule has 1 heterocycles. The Bertz CT molecular complexity index is 1020. The average Bonchev–Trinajstić information content (AvgIpc) is 3.05. The van der Waals surface area contributed by atoms with Crippen molar-refractivity contribution in [2.75, 3.05) is 12.5 Å². The summed E-state index contributed by atoms with van der Waals surface area (Å²) >= 11 is 17.7. The number of aromatic amines is 1. The summed E-state index contributed by atoms with van der Waals surface area (Å²) in [4.78, 5) is 0. The maximum absolute atomic E-state index is 6.46. The van der Waals surface area contributed by atoms with Gasteiger partial charge in [-0.2, -0.15) is 5.10 Å². The lowest BCUT2D eigenvalue weighted by Gasteiger charge is -2.15. The summed E-state index contributed by atoms with van der Waals surface area (Å²) in [7, 11) is 1.59. The van der Waals surface area contributed by atoms with Crippen LogP contribution in [-0.2, 0) is 19.6 Å². The topological polar surface area (TPSA) is 64.1 Å². The molecular formula is C19H20Cl2N4O2S. The molecule has 9 heteroatoms. The Hall–Kier alpha value is -2.22. The molecule has 0 aliphatic carbocycles. The first-order valence-corrected chi connectivity index (χ1v) is 9.82. The number of nitrogens with one attached hydrogen (secondary N) is 2. The third-order valence-electron chi connectivity index (χ3n) is 4.10. The minimum atomic E-state index is 0.356. The lowest BCUT2D eigenvalue weighted by molar-refractivity contribution is 0.284. The van der Waals surface area contributed by atoms with E-state index in [1.165, 1.54) is 0 Å². The van der Waals surface area contributed by atoms with Crippen LogP contribution in [0.15, 0.2) is 36.4 Å². The maximum Gasteiger partial charge on any atom is 0.214 e. The molecule has 0 aliphatic heterocycles. The molecule has 2 aromatic carbocycles. The second-order valence-electron chi connectivity index (χ2n) is 5.98. The van der Waals surface area contributed by atoms with Crippen molar-refractivity contribution < 1.29 is 9.47 Å². The molecule has 0 spiro atoms. The summed E-state index contributed by atoms with van der Waals surface area (Å²) in [5.74, 6) is 1.97. The SMILES string of the molecule is CCc1n[nH]c(=S)n1NCc1cc(OC)c(OCc2cccc(Cl)c2)cc1Cl. The second-order valence-corrected chi connectivity index (χ2v) is 7.21. The number of halogens is 2. The smallest absolute Gasteiger partial charge is 0.214 e. The Kier molecular flexibility index (Phi) is 6.83. The molecule has 0 bridgehead atoms. The van der Waals surface area contributed by atoms with Gasteiger partial charge in [0, 0.05) is 22.5 Å². The van der Waals surface area contributed by atoms with Crippen molar-refractivity contribution in [3.8, 4) is 11.5 Å². The molecule has 6 nitrogen and oxygen atoms in total. The van der Waals surface area contributed by atoms with Gasteiger partial charge < -0.3 is 14.9 Å². The number of rotatable bonds is 8. The van der Waals surface area contributed by atoms with E-state index >= 15 is 0 Å². The monoisotopic (exact) mass is 438 g/mol. The molecule has 0 fully saturated rings. The molecule has 0 saturated carbocycles. The first-order chi connectivity index (χ1) is 13.5. The Morgan fingerprint density at radius 1 is 1.21 bits per heavy atom. The third-order valence-corrected chi connectivity index (χ3v) is 4.96. The first-order valence-electron chi connectivity index (χ1n) is 8.65. The third kappa shape index (κ3) is 4.79. The van der Waals surface area contributed by atoms with Gasteiger partial charge >= 0.3 is 0 Å². The molecule has 28 heavy (non-hydrogen) atoms. The fourth-order valence-corrected chi connectivity index (χ4v) is 3.32. The first kappa shape index (κ1) is 20.5. The lowest BCUT2D eigenvalue weighted by Crippen LogP contribution is -2.17. The van der Waals surface area contributed by atoms with Crippen LogP contribution >= 0.6 is 35.4 Å². The van der Waals surface area contributed by atoms with Crippen LogP contribution in [0.5, 0.6) is 11.5 Å². The van der Waals surface area contributed by atoms with Crippen LogP contribution < -0.4 is 14.9 Å². The number of H-pyrrole nitrogens is 1. The molecular weight excluding hydrogens is 419 g/mol. The van der Waals surface area contributed by atoms with Gasteiger partial charge in [-0.15, -0.1) is 0 Å². The molecule has 0 aliphatic rings. The van der Waals surface area contributed by atoms with Crippen molar-refractivity contribution in [2.24, 2.45) is 0 Å². The summed E-state index contributed by atoms with van der Waals surface area (Å²) < 4.78 is 13.6. The Morgan fingerprint density at radius 3 is 2.75 bits per heavy atom. The molecule has 1 aromatic heterocycles. The number of methoxy groups -OCH3 is 1. The van der Waals surface area contributed by atoms with Gasteiger partial charge in [-0.3, -0.25) is 5.10 Å². The largest absolute Gasteiger partial charge is 0.493 e. The van der Waals surface area contributed by atoms with Gasteiger partial charge in [0.25, 0.3) is 0 Å². The van der Waals surface area contributed by atoms with E-state index in [1.807, 2.05) is 37.3 Å². The van der Waals surface area contributed by atoms with E-state index in [0.29, 0.717) is 39.5 Å². The molecule has 0 atom stereocenters. The zero-order valence-electron chi connectivity index (χ0n) is 15.5. The molecule has 0 amide bonds. The van der Waals surface area contributed by atoms with Crippen LogP contribution in [0.2, 0.25) is 10.0 Å². The van der Waals surface area contributed by atoms with Gasteiger partial charge in [0.1, 0.15) is 6.61 Å². The van der Waals surface area contributed by atoms with Crippen molar-refractivity contribution in [1.29, 1.82) is 0 Å². The van der Waals surface area contributed by atoms with Crippen molar-refractivity contribution in [2.45, 2.75) is 26.5 Å². The molecule has 0 unspecified atom stereocenters. The van der Waals surface area contributed by atoms with E-state index in [2.05, 4.69) is 15.6 Å². The highest BCUT2D eigenvalue weighted by Crippen LogP contribution is 2.34. The number of aryl methyl sites for hydroxylation is 1. The number of ether oxygens (including phenoxy) is 2. The highest BCUT2D eigenvalue weighted by Gasteiger charge is 2.12. The van der Waals surface area contributed by atoms with Crippen molar-refractivity contribution in [3.63, 3.8) is 0 Å². The number of aromatic nitrogens is 3. The molecule has 3 rings (SSSR count). The summed E-state index contributed by atoms with van der Waals surface area (Å²) in [6.45, 7) is 2.81.